The molecule has 0 spiro atoms. The van der Waals surface area contributed by atoms with Crippen molar-refractivity contribution in [2.45, 2.75) is 102 Å². The number of nitrogens with one attached hydrogen (secondary N) is 3. The van der Waals surface area contributed by atoms with E-state index in [4.69, 9.17) is 14.2 Å². The van der Waals surface area contributed by atoms with Crippen LogP contribution in [-0.2, 0) is 23.8 Å². The summed E-state index contributed by atoms with van der Waals surface area (Å²) >= 11 is 0.133. The summed E-state index contributed by atoms with van der Waals surface area (Å²) in [6, 6.07) is 8.70. The van der Waals surface area contributed by atoms with Crippen LogP contribution in [-0.4, -0.2) is 75.1 Å². The van der Waals surface area contributed by atoms with E-state index in [-0.39, 0.29) is 32.7 Å². The maximum absolute atomic E-state index is 13.6. The molecule has 0 unspecified atom stereocenters. The van der Waals surface area contributed by atoms with Gasteiger partial charge in [0, 0.05) is 0 Å². The molecule has 9 nitrogen and oxygen atoms in total. The third kappa shape index (κ3) is 11.3. The molecular formula is C29H45N3O6Se. The Bertz CT molecular complexity index is 964. The van der Waals surface area contributed by atoms with E-state index in [0.717, 1.165) is 5.32 Å². The predicted octanol–water partition coefficient (Wildman–Crippen LogP) is 3.07. The molecule has 1 heterocycles. The van der Waals surface area contributed by atoms with Crippen LogP contribution in [0.3, 0.4) is 0 Å². The van der Waals surface area contributed by atoms with Crippen molar-refractivity contribution >= 4 is 37.3 Å². The van der Waals surface area contributed by atoms with Crippen molar-refractivity contribution in [2.24, 2.45) is 5.92 Å². The van der Waals surface area contributed by atoms with Gasteiger partial charge in [0.25, 0.3) is 0 Å². The Hall–Kier alpha value is -2.39. The maximum atomic E-state index is 13.6. The van der Waals surface area contributed by atoms with Crippen molar-refractivity contribution in [1.29, 1.82) is 0 Å². The summed E-state index contributed by atoms with van der Waals surface area (Å²) in [5.74, 6) is -1.76. The molecule has 0 aliphatic carbocycles. The van der Waals surface area contributed by atoms with Crippen molar-refractivity contribution in [3.8, 4) is 0 Å². The van der Waals surface area contributed by atoms with Gasteiger partial charge in [-0.1, -0.05) is 6.08 Å². The fourth-order valence-corrected chi connectivity index (χ4v) is 6.05. The normalized spacial score (nSPS) is 20.1. The summed E-state index contributed by atoms with van der Waals surface area (Å²) in [5, 5.41) is 9.41. The average molecular weight is 611 g/mol. The molecule has 1 aromatic carbocycles. The van der Waals surface area contributed by atoms with Gasteiger partial charge in [0.15, 0.2) is 0 Å². The summed E-state index contributed by atoms with van der Waals surface area (Å²) in [4.78, 5) is 39.2. The number of carbonyl (C=O) groups is 3. The summed E-state index contributed by atoms with van der Waals surface area (Å²) < 4.78 is 18.8. The van der Waals surface area contributed by atoms with Gasteiger partial charge in [-0.05, 0) is 0 Å². The van der Waals surface area contributed by atoms with E-state index in [1.165, 1.54) is 4.46 Å². The summed E-state index contributed by atoms with van der Waals surface area (Å²) in [6.45, 7) is 16.8. The van der Waals surface area contributed by atoms with Crippen LogP contribution in [0, 0.1) is 5.92 Å². The molecule has 1 saturated heterocycles. The van der Waals surface area contributed by atoms with Crippen molar-refractivity contribution in [3.05, 3.63) is 43.0 Å². The Labute approximate surface area is 239 Å². The Morgan fingerprint density at radius 3 is 2.38 bits per heavy atom. The zero-order valence-electron chi connectivity index (χ0n) is 24.2. The number of hydrogen-bond donors (Lipinski definition) is 3. The Morgan fingerprint density at radius 2 is 1.79 bits per heavy atom. The third-order valence-corrected chi connectivity index (χ3v) is 8.04. The van der Waals surface area contributed by atoms with E-state index in [0.29, 0.717) is 19.4 Å². The second kappa shape index (κ2) is 14.8. The first-order valence-electron chi connectivity index (χ1n) is 13.4. The number of ether oxygens (including phenoxy) is 3. The number of alkyl carbamates (subject to hydrolysis) is 1. The SMILES string of the molecule is C=CCCNC(=O)[C@H]1OC(C)(C)O[C@@H]1[C@@H](NC(=O)[C@H](CC[Se]c1ccccc1)NC(=O)OC(C)(C)C)C(C)C. The van der Waals surface area contributed by atoms with Crippen LogP contribution in [0.1, 0.15) is 61.3 Å². The molecule has 10 heteroatoms. The molecule has 4 atom stereocenters. The number of hydrogen-bond acceptors (Lipinski definition) is 6. The van der Waals surface area contributed by atoms with E-state index in [1.807, 2.05) is 32.0 Å². The minimum atomic E-state index is -1.00. The molecule has 0 bridgehead atoms. The van der Waals surface area contributed by atoms with Gasteiger partial charge in [-0.2, -0.15) is 0 Å². The van der Waals surface area contributed by atoms with E-state index >= 15 is 0 Å². The third-order valence-electron chi connectivity index (χ3n) is 5.84. The molecule has 39 heavy (non-hydrogen) atoms. The van der Waals surface area contributed by atoms with Gasteiger partial charge in [-0.25, -0.2) is 0 Å². The molecule has 1 aromatic rings. The summed E-state index contributed by atoms with van der Waals surface area (Å²) in [5.41, 5.74) is -0.702. The van der Waals surface area contributed by atoms with Gasteiger partial charge < -0.3 is 0 Å². The van der Waals surface area contributed by atoms with Crippen molar-refractivity contribution in [1.82, 2.24) is 16.0 Å². The molecule has 0 aromatic heterocycles. The van der Waals surface area contributed by atoms with Crippen molar-refractivity contribution in [3.63, 3.8) is 0 Å². The molecule has 1 aliphatic heterocycles. The zero-order valence-corrected chi connectivity index (χ0v) is 26.0. The summed E-state index contributed by atoms with van der Waals surface area (Å²) in [7, 11) is 0. The molecule has 0 radical (unpaired) electrons. The fourth-order valence-electron chi connectivity index (χ4n) is 4.08. The Balaban J connectivity index is 2.19. The van der Waals surface area contributed by atoms with Crippen LogP contribution in [0.25, 0.3) is 0 Å². The summed E-state index contributed by atoms with van der Waals surface area (Å²) in [6.07, 6.45) is 0.503. The monoisotopic (exact) mass is 611 g/mol. The minimum absolute atomic E-state index is 0.0874. The Morgan fingerprint density at radius 1 is 1.13 bits per heavy atom. The number of carbonyl (C=O) groups excluding carboxylic acids is 3. The average Bonchev–Trinajstić information content (AvgIpc) is 3.16. The molecule has 3 N–H and O–H groups in total. The van der Waals surface area contributed by atoms with Gasteiger partial charge in [0.1, 0.15) is 0 Å². The van der Waals surface area contributed by atoms with E-state index in [2.05, 4.69) is 34.7 Å². The first-order chi connectivity index (χ1) is 18.2. The van der Waals surface area contributed by atoms with Crippen LogP contribution in [0.2, 0.25) is 5.32 Å². The van der Waals surface area contributed by atoms with Gasteiger partial charge in [0.05, 0.1) is 0 Å². The first-order valence-corrected chi connectivity index (χ1v) is 15.5. The molecule has 0 saturated carbocycles. The van der Waals surface area contributed by atoms with Crippen molar-refractivity contribution in [2.75, 3.05) is 6.54 Å². The molecule has 218 valence electrons. The second-order valence-corrected chi connectivity index (χ2v) is 13.8. The quantitative estimate of drug-likeness (QED) is 0.180. The van der Waals surface area contributed by atoms with Gasteiger partial charge >= 0.3 is 227 Å². The number of benzene rings is 1. The van der Waals surface area contributed by atoms with Crippen LogP contribution >= 0.6 is 0 Å². The molecule has 2 rings (SSSR count). The first kappa shape index (κ1) is 32.8. The number of amides is 3. The topological polar surface area (TPSA) is 115 Å². The molecule has 3 amide bonds. The van der Waals surface area contributed by atoms with E-state index in [1.54, 1.807) is 40.7 Å². The van der Waals surface area contributed by atoms with Crippen LogP contribution in [0.5, 0.6) is 0 Å². The molecule has 1 aliphatic rings. The molecule has 1 fully saturated rings. The fraction of sp³-hybridized carbons (Fsp3) is 0.621. The van der Waals surface area contributed by atoms with Crippen LogP contribution in [0.4, 0.5) is 4.79 Å². The second-order valence-electron chi connectivity index (χ2n) is 11.3. The zero-order chi connectivity index (χ0) is 29.2. The van der Waals surface area contributed by atoms with E-state index in [9.17, 15) is 14.4 Å². The number of rotatable bonds is 13. The van der Waals surface area contributed by atoms with Gasteiger partial charge in [0.2, 0.25) is 0 Å². The predicted molar refractivity (Wildman–Crippen MR) is 153 cm³/mol. The van der Waals surface area contributed by atoms with Gasteiger partial charge in [-0.15, -0.1) is 6.58 Å². The van der Waals surface area contributed by atoms with Crippen molar-refractivity contribution < 1.29 is 28.6 Å². The van der Waals surface area contributed by atoms with Crippen LogP contribution < -0.4 is 20.4 Å². The van der Waals surface area contributed by atoms with Gasteiger partial charge in [-0.3, -0.25) is 0 Å². The van der Waals surface area contributed by atoms with Crippen LogP contribution in [0.15, 0.2) is 43.0 Å². The van der Waals surface area contributed by atoms with E-state index < -0.39 is 41.8 Å². The standard InChI is InChI=1S/C29H45N3O6Se/c1-9-10-17-30-26(34)24-23(36-29(7,8)37-24)22(19(2)3)32-25(33)21(31-27(35)38-28(4,5)6)16-18-39-20-14-12-11-13-15-20/h9,11-15,19,21-24H,1,10,16-18H2,2-8H3,(H,30,34)(H,31,35)(H,32,33)/t21-,22-,23+,24-/m0/s1. The Kier molecular flexibility index (Phi) is 12.5. The molecular weight excluding hydrogens is 565 g/mol.